The molecule has 6 rings (SSSR count). The zero-order valence-corrected chi connectivity index (χ0v) is 25.2. The first-order valence-corrected chi connectivity index (χ1v) is 15.4. The smallest absolute Gasteiger partial charge is 0.253 e. The maximum Gasteiger partial charge on any atom is 0.253 e. The van der Waals surface area contributed by atoms with Crippen LogP contribution in [-0.4, -0.2) is 47.9 Å². The Morgan fingerprint density at radius 2 is 1.64 bits per heavy atom. The third kappa shape index (κ3) is 5.82. The highest BCUT2D eigenvalue weighted by Crippen LogP contribution is 2.46. The molecule has 3 aromatic rings. The van der Waals surface area contributed by atoms with Crippen molar-refractivity contribution in [1.29, 1.82) is 0 Å². The first-order chi connectivity index (χ1) is 20.2. The summed E-state index contributed by atoms with van der Waals surface area (Å²) in [6, 6.07) is 17.5. The average Bonchev–Trinajstić information content (AvgIpc) is 3.26. The summed E-state index contributed by atoms with van der Waals surface area (Å²) in [5, 5.41) is 3.82. The van der Waals surface area contributed by atoms with Crippen LogP contribution in [0.15, 0.2) is 73.1 Å². The highest BCUT2D eigenvalue weighted by atomic mass is 35.5. The lowest BCUT2D eigenvalue weighted by molar-refractivity contribution is -0.117. The maximum absolute atomic E-state index is 13.7. The van der Waals surface area contributed by atoms with Gasteiger partial charge in [-0.3, -0.25) is 14.6 Å². The second-order valence-corrected chi connectivity index (χ2v) is 13.3. The molecule has 0 saturated carbocycles. The number of anilines is 1. The number of rotatable bonds is 5. The van der Waals surface area contributed by atoms with Crippen molar-refractivity contribution in [1.82, 2.24) is 15.2 Å². The second kappa shape index (κ2) is 11.6. The number of carbonyl (C=O) groups is 2. The van der Waals surface area contributed by atoms with Crippen LogP contribution in [0.5, 0.6) is 0 Å². The molecule has 1 N–H and O–H groups in total. The van der Waals surface area contributed by atoms with E-state index in [0.717, 1.165) is 69.4 Å². The van der Waals surface area contributed by atoms with Crippen molar-refractivity contribution in [2.75, 3.05) is 31.1 Å². The number of carbonyl (C=O) groups excluding carboxylic acids is 2. The Morgan fingerprint density at radius 1 is 0.952 bits per heavy atom. The molecule has 2 saturated heterocycles. The fourth-order valence-electron chi connectivity index (χ4n) is 7.07. The van der Waals surface area contributed by atoms with Gasteiger partial charge in [0.25, 0.3) is 5.91 Å². The first kappa shape index (κ1) is 28.5. The summed E-state index contributed by atoms with van der Waals surface area (Å²) in [4.78, 5) is 35.3. The fraction of sp³-hybridized carbons (Fsp3) is 0.400. The van der Waals surface area contributed by atoms with E-state index in [9.17, 15) is 9.59 Å². The maximum atomic E-state index is 13.7. The normalized spacial score (nSPS) is 21.0. The van der Waals surface area contributed by atoms with Crippen LogP contribution < -0.4 is 10.2 Å². The van der Waals surface area contributed by atoms with Gasteiger partial charge in [0.1, 0.15) is 0 Å². The largest absolute Gasteiger partial charge is 0.371 e. The number of nitrogens with one attached hydrogen (secondary N) is 1. The van der Waals surface area contributed by atoms with Gasteiger partial charge < -0.3 is 15.1 Å². The van der Waals surface area contributed by atoms with Crippen LogP contribution in [0, 0.1) is 10.8 Å². The minimum atomic E-state index is -0.182. The molecule has 1 spiro atoms. The van der Waals surface area contributed by atoms with Crippen LogP contribution >= 0.6 is 11.6 Å². The minimum Gasteiger partial charge on any atom is -0.371 e. The monoisotopic (exact) mass is 582 g/mol. The predicted molar refractivity (Wildman–Crippen MR) is 169 cm³/mol. The molecule has 1 unspecified atom stereocenters. The predicted octanol–water partition coefficient (Wildman–Crippen LogP) is 6.71. The van der Waals surface area contributed by atoms with Crippen LogP contribution in [0.4, 0.5) is 5.69 Å². The Balaban J connectivity index is 1.10. The number of pyridine rings is 1. The van der Waals surface area contributed by atoms with Gasteiger partial charge in [0.05, 0.1) is 6.04 Å². The average molecular weight is 583 g/mol. The standard InChI is InChI=1S/C35H39ClN4O2/c1-34(2)24-27-8-7-26(23-29(27)32(34)38-31(41)10-9-25-5-3-4-6-30(25)36)33(42)40-21-15-35(16-22-40)13-19-39(20-14-35)28-11-17-37-18-12-28/h3-12,17-18,23,32H,13-16,19-22,24H2,1-2H3,(H,38,41)/b10-9+. The van der Waals surface area contributed by atoms with Crippen LogP contribution in [0.2, 0.25) is 5.02 Å². The minimum absolute atomic E-state index is 0.0928. The Morgan fingerprint density at radius 3 is 2.36 bits per heavy atom. The molecule has 218 valence electrons. The highest BCUT2D eigenvalue weighted by Gasteiger charge is 2.41. The molecule has 1 aliphatic carbocycles. The van der Waals surface area contributed by atoms with Gasteiger partial charge in [0.15, 0.2) is 0 Å². The van der Waals surface area contributed by atoms with Gasteiger partial charge in [0.2, 0.25) is 5.91 Å². The summed E-state index contributed by atoms with van der Waals surface area (Å²) in [6.45, 7) is 8.04. The van der Waals surface area contributed by atoms with E-state index in [1.54, 1.807) is 6.08 Å². The number of aromatic nitrogens is 1. The van der Waals surface area contributed by atoms with E-state index < -0.39 is 0 Å². The van der Waals surface area contributed by atoms with E-state index in [1.807, 2.05) is 53.7 Å². The van der Waals surface area contributed by atoms with Gasteiger partial charge in [-0.25, -0.2) is 0 Å². The van der Waals surface area contributed by atoms with Crippen LogP contribution in [0.3, 0.4) is 0 Å². The molecule has 0 radical (unpaired) electrons. The summed E-state index contributed by atoms with van der Waals surface area (Å²) in [6.07, 6.45) is 12.3. The van der Waals surface area contributed by atoms with Gasteiger partial charge in [-0.2, -0.15) is 0 Å². The van der Waals surface area contributed by atoms with Crippen LogP contribution in [-0.2, 0) is 11.2 Å². The van der Waals surface area contributed by atoms with Crippen molar-refractivity contribution >= 4 is 35.2 Å². The zero-order valence-electron chi connectivity index (χ0n) is 24.5. The molecule has 3 aliphatic rings. The number of piperidine rings is 2. The Labute approximate surface area is 253 Å². The third-order valence-electron chi connectivity index (χ3n) is 9.70. The molecule has 6 nitrogen and oxygen atoms in total. The number of amides is 2. The topological polar surface area (TPSA) is 65.5 Å². The lowest BCUT2D eigenvalue weighted by atomic mass is 9.71. The van der Waals surface area contributed by atoms with E-state index >= 15 is 0 Å². The van der Waals surface area contributed by atoms with Crippen molar-refractivity contribution in [2.24, 2.45) is 10.8 Å². The fourth-order valence-corrected chi connectivity index (χ4v) is 7.27. The molecule has 2 amide bonds. The quantitative estimate of drug-likeness (QED) is 0.340. The van der Waals surface area contributed by atoms with Crippen molar-refractivity contribution in [3.63, 3.8) is 0 Å². The zero-order chi connectivity index (χ0) is 29.3. The summed E-state index contributed by atoms with van der Waals surface area (Å²) >= 11 is 6.25. The van der Waals surface area contributed by atoms with Crippen molar-refractivity contribution < 1.29 is 9.59 Å². The molecule has 1 aromatic heterocycles. The van der Waals surface area contributed by atoms with E-state index in [2.05, 4.69) is 47.2 Å². The number of halogens is 1. The van der Waals surface area contributed by atoms with Crippen molar-refractivity contribution in [3.05, 3.63) is 100 Å². The van der Waals surface area contributed by atoms with Crippen LogP contribution in [0.1, 0.15) is 72.6 Å². The Hall–Kier alpha value is -3.64. The summed E-state index contributed by atoms with van der Waals surface area (Å²) < 4.78 is 0. The molecule has 3 heterocycles. The number of hydrogen-bond acceptors (Lipinski definition) is 4. The number of fused-ring (bicyclic) bond motifs is 1. The number of likely N-dealkylation sites (tertiary alicyclic amines) is 1. The molecule has 1 atom stereocenters. The van der Waals surface area contributed by atoms with Gasteiger partial charge >= 0.3 is 0 Å². The number of nitrogens with zero attached hydrogens (tertiary/aromatic N) is 3. The molecule has 2 aliphatic heterocycles. The molecule has 2 fully saturated rings. The lowest BCUT2D eigenvalue weighted by Crippen LogP contribution is -2.48. The van der Waals surface area contributed by atoms with Gasteiger partial charge in [-0.05, 0) is 96.0 Å². The van der Waals surface area contributed by atoms with E-state index in [0.29, 0.717) is 16.0 Å². The molecule has 0 bridgehead atoms. The third-order valence-corrected chi connectivity index (χ3v) is 10.0. The molecule has 2 aromatic carbocycles. The molecule has 42 heavy (non-hydrogen) atoms. The number of benzene rings is 2. The Kier molecular flexibility index (Phi) is 7.84. The van der Waals surface area contributed by atoms with Gasteiger partial charge in [-0.1, -0.05) is 49.7 Å². The van der Waals surface area contributed by atoms with Gasteiger partial charge in [-0.15, -0.1) is 0 Å². The summed E-state index contributed by atoms with van der Waals surface area (Å²) in [7, 11) is 0. The van der Waals surface area contributed by atoms with E-state index in [4.69, 9.17) is 11.6 Å². The highest BCUT2D eigenvalue weighted by molar-refractivity contribution is 6.32. The first-order valence-electron chi connectivity index (χ1n) is 15.0. The van der Waals surface area contributed by atoms with E-state index in [1.165, 1.54) is 17.3 Å². The SMILES string of the molecule is CC1(C)Cc2ccc(C(=O)N3CCC4(CC3)CCN(c3ccncc3)CC4)cc2C1NC(=O)/C=C/c1ccccc1Cl. The van der Waals surface area contributed by atoms with Crippen molar-refractivity contribution in [2.45, 2.75) is 52.0 Å². The summed E-state index contributed by atoms with van der Waals surface area (Å²) in [5.41, 5.74) is 5.16. The summed E-state index contributed by atoms with van der Waals surface area (Å²) in [5.74, 6) is -0.0795. The second-order valence-electron chi connectivity index (χ2n) is 12.9. The van der Waals surface area contributed by atoms with E-state index in [-0.39, 0.29) is 23.3 Å². The molecule has 7 heteroatoms. The molecular formula is C35H39ClN4O2. The van der Waals surface area contributed by atoms with Crippen molar-refractivity contribution in [3.8, 4) is 0 Å². The molecular weight excluding hydrogens is 544 g/mol. The van der Waals surface area contributed by atoms with Crippen LogP contribution in [0.25, 0.3) is 6.08 Å². The van der Waals surface area contributed by atoms with Gasteiger partial charge in [0, 0.05) is 60.9 Å². The lowest BCUT2D eigenvalue weighted by Gasteiger charge is -2.47. The number of hydrogen-bond donors (Lipinski definition) is 1. The Bertz CT molecular complexity index is 1480.